The van der Waals surface area contributed by atoms with Crippen LogP contribution in [0.25, 0.3) is 21.2 Å². The minimum Gasteiger partial charge on any atom is -0.489 e. The Morgan fingerprint density at radius 3 is 2.67 bits per heavy atom. The van der Waals surface area contributed by atoms with Crippen molar-refractivity contribution in [1.29, 1.82) is 0 Å². The van der Waals surface area contributed by atoms with Gasteiger partial charge in [-0.15, -0.1) is 0 Å². The van der Waals surface area contributed by atoms with E-state index >= 15 is 0 Å². The van der Waals surface area contributed by atoms with Gasteiger partial charge in [-0.05, 0) is 72.0 Å². The lowest BCUT2D eigenvalue weighted by atomic mass is 10.0. The third-order valence-corrected chi connectivity index (χ3v) is 7.24. The maximum atomic E-state index is 13.9. The number of nitrogens with zero attached hydrogens (tertiary/aromatic N) is 1. The van der Waals surface area contributed by atoms with E-state index in [1.54, 1.807) is 6.07 Å². The number of benzene rings is 3. The molecule has 4 aromatic rings. The van der Waals surface area contributed by atoms with Gasteiger partial charge in [0, 0.05) is 6.04 Å². The van der Waals surface area contributed by atoms with Gasteiger partial charge in [-0.25, -0.2) is 9.18 Å². The monoisotopic (exact) mass is 463 g/mol. The zero-order valence-corrected chi connectivity index (χ0v) is 18.6. The van der Waals surface area contributed by atoms with Crippen LogP contribution in [0, 0.1) is 5.82 Å². The molecule has 7 heteroatoms. The molecule has 1 aromatic heterocycles. The van der Waals surface area contributed by atoms with Crippen LogP contribution in [-0.4, -0.2) is 15.0 Å². The smallest absolute Gasteiger partial charge is 0.335 e. The van der Waals surface area contributed by atoms with Crippen LogP contribution in [0.15, 0.2) is 65.5 Å². The minimum absolute atomic E-state index is 0.0805. The molecule has 1 N–H and O–H groups in total. The third-order valence-electron chi connectivity index (χ3n) is 6.05. The van der Waals surface area contributed by atoms with Gasteiger partial charge in [-0.1, -0.05) is 42.6 Å². The van der Waals surface area contributed by atoms with E-state index in [9.17, 15) is 19.1 Å². The van der Waals surface area contributed by atoms with Crippen LogP contribution in [-0.2, 0) is 6.61 Å². The summed E-state index contributed by atoms with van der Waals surface area (Å²) in [4.78, 5) is 24.0. The molecule has 1 saturated carbocycles. The summed E-state index contributed by atoms with van der Waals surface area (Å²) in [5.41, 5.74) is 2.06. The van der Waals surface area contributed by atoms with Gasteiger partial charge >= 0.3 is 5.97 Å². The summed E-state index contributed by atoms with van der Waals surface area (Å²) in [5.74, 6) is -1.09. The summed E-state index contributed by atoms with van der Waals surface area (Å²) in [6, 6.07) is 17.0. The molecule has 1 fully saturated rings. The SMILES string of the molecule is O=C(O)c1cc(F)cc(-c2cccc(COc3ccc4c(=O)n(C5CCCC5)sc4c3)c2)c1. The lowest BCUT2D eigenvalue weighted by Crippen LogP contribution is -2.16. The first-order chi connectivity index (χ1) is 16.0. The number of ether oxygens (including phenoxy) is 1. The molecule has 3 aromatic carbocycles. The Morgan fingerprint density at radius 2 is 1.88 bits per heavy atom. The zero-order valence-electron chi connectivity index (χ0n) is 17.8. The van der Waals surface area contributed by atoms with E-state index in [0.29, 0.717) is 29.5 Å². The molecule has 1 aliphatic rings. The fraction of sp³-hybridized carbons (Fsp3) is 0.231. The quantitative estimate of drug-likeness (QED) is 0.366. The maximum absolute atomic E-state index is 13.9. The number of halogens is 1. The Hall–Kier alpha value is -3.45. The van der Waals surface area contributed by atoms with Crippen molar-refractivity contribution in [3.63, 3.8) is 0 Å². The van der Waals surface area contributed by atoms with Crippen LogP contribution >= 0.6 is 11.5 Å². The second-order valence-electron chi connectivity index (χ2n) is 8.34. The molecule has 0 atom stereocenters. The average Bonchev–Trinajstić information content (AvgIpc) is 3.45. The van der Waals surface area contributed by atoms with Crippen molar-refractivity contribution in [2.75, 3.05) is 0 Å². The molecule has 0 saturated heterocycles. The van der Waals surface area contributed by atoms with Gasteiger partial charge < -0.3 is 9.84 Å². The van der Waals surface area contributed by atoms with E-state index in [0.717, 1.165) is 34.6 Å². The Kier molecular flexibility index (Phi) is 5.72. The van der Waals surface area contributed by atoms with Gasteiger partial charge in [0.25, 0.3) is 5.56 Å². The summed E-state index contributed by atoms with van der Waals surface area (Å²) >= 11 is 1.50. The van der Waals surface area contributed by atoms with Gasteiger partial charge in [0.1, 0.15) is 18.2 Å². The molecule has 1 aliphatic carbocycles. The van der Waals surface area contributed by atoms with Gasteiger partial charge in [-0.3, -0.25) is 8.75 Å². The number of carboxylic acids is 1. The highest BCUT2D eigenvalue weighted by Gasteiger charge is 2.21. The third kappa shape index (κ3) is 4.41. The van der Waals surface area contributed by atoms with Crippen molar-refractivity contribution in [2.45, 2.75) is 38.3 Å². The van der Waals surface area contributed by atoms with Crippen LogP contribution < -0.4 is 10.3 Å². The molecule has 0 bridgehead atoms. The van der Waals surface area contributed by atoms with Crippen LogP contribution in [0.2, 0.25) is 0 Å². The number of fused-ring (bicyclic) bond motifs is 1. The first kappa shape index (κ1) is 21.4. The van der Waals surface area contributed by atoms with Crippen LogP contribution in [0.1, 0.15) is 47.6 Å². The lowest BCUT2D eigenvalue weighted by molar-refractivity contribution is 0.0696. The normalized spacial score (nSPS) is 14.1. The molecular weight excluding hydrogens is 441 g/mol. The highest BCUT2D eigenvalue weighted by Crippen LogP contribution is 2.33. The van der Waals surface area contributed by atoms with E-state index in [1.807, 2.05) is 40.4 Å². The molecule has 168 valence electrons. The highest BCUT2D eigenvalue weighted by molar-refractivity contribution is 7.13. The van der Waals surface area contributed by atoms with Gasteiger partial charge in [-0.2, -0.15) is 0 Å². The zero-order chi connectivity index (χ0) is 22.9. The van der Waals surface area contributed by atoms with Crippen LogP contribution in [0.4, 0.5) is 4.39 Å². The topological polar surface area (TPSA) is 68.5 Å². The summed E-state index contributed by atoms with van der Waals surface area (Å²) in [7, 11) is 0. The Labute approximate surface area is 193 Å². The molecule has 0 radical (unpaired) electrons. The summed E-state index contributed by atoms with van der Waals surface area (Å²) in [6.07, 6.45) is 4.47. The lowest BCUT2D eigenvalue weighted by Gasteiger charge is -2.09. The van der Waals surface area contributed by atoms with Crippen molar-refractivity contribution in [2.24, 2.45) is 0 Å². The summed E-state index contributed by atoms with van der Waals surface area (Å²) in [5, 5.41) is 9.92. The van der Waals surface area contributed by atoms with Crippen molar-refractivity contribution in [3.8, 4) is 16.9 Å². The van der Waals surface area contributed by atoms with Gasteiger partial charge in [0.15, 0.2) is 0 Å². The van der Waals surface area contributed by atoms with Crippen LogP contribution in [0.5, 0.6) is 5.75 Å². The van der Waals surface area contributed by atoms with E-state index in [4.69, 9.17) is 4.74 Å². The summed E-state index contributed by atoms with van der Waals surface area (Å²) in [6.45, 7) is 0.290. The van der Waals surface area contributed by atoms with Crippen molar-refractivity contribution >= 4 is 27.6 Å². The Bertz CT molecular complexity index is 1400. The number of carbonyl (C=O) groups is 1. The summed E-state index contributed by atoms with van der Waals surface area (Å²) < 4.78 is 22.7. The Balaban J connectivity index is 1.36. The van der Waals surface area contributed by atoms with Crippen molar-refractivity contribution in [1.82, 2.24) is 3.96 Å². The molecule has 5 nitrogen and oxygen atoms in total. The molecule has 0 aliphatic heterocycles. The predicted octanol–water partition coefficient (Wildman–Crippen LogP) is 6.26. The molecule has 33 heavy (non-hydrogen) atoms. The average molecular weight is 464 g/mol. The van der Waals surface area contributed by atoms with E-state index < -0.39 is 11.8 Å². The number of hydrogen-bond donors (Lipinski definition) is 1. The van der Waals surface area contributed by atoms with Gasteiger partial charge in [0.05, 0.1) is 15.6 Å². The fourth-order valence-corrected chi connectivity index (χ4v) is 5.55. The molecule has 5 rings (SSSR count). The second kappa shape index (κ2) is 8.83. The number of rotatable bonds is 6. The van der Waals surface area contributed by atoms with E-state index in [-0.39, 0.29) is 11.1 Å². The predicted molar refractivity (Wildman–Crippen MR) is 127 cm³/mol. The molecule has 1 heterocycles. The first-order valence-electron chi connectivity index (χ1n) is 10.9. The number of hydrogen-bond acceptors (Lipinski definition) is 4. The first-order valence-corrected chi connectivity index (χ1v) is 11.7. The van der Waals surface area contributed by atoms with Crippen molar-refractivity contribution < 1.29 is 19.0 Å². The minimum atomic E-state index is -1.17. The van der Waals surface area contributed by atoms with E-state index in [2.05, 4.69) is 0 Å². The fourth-order valence-electron chi connectivity index (χ4n) is 4.38. The largest absolute Gasteiger partial charge is 0.489 e. The van der Waals surface area contributed by atoms with Crippen molar-refractivity contribution in [3.05, 3.63) is 88.0 Å². The van der Waals surface area contributed by atoms with E-state index in [1.165, 1.54) is 36.5 Å². The second-order valence-corrected chi connectivity index (χ2v) is 9.36. The van der Waals surface area contributed by atoms with Gasteiger partial charge in [0.2, 0.25) is 0 Å². The highest BCUT2D eigenvalue weighted by atomic mass is 32.1. The standard InChI is InChI=1S/C26H22FNO4S/c27-20-12-18(11-19(13-20)26(30)31)17-5-3-4-16(10-17)15-32-22-8-9-23-24(14-22)33-28(25(23)29)21-6-1-2-7-21/h3-5,8-14,21H,1-2,6-7,15H2,(H,30,31). The number of aromatic nitrogens is 1. The molecular formula is C26H22FNO4S. The number of aromatic carboxylic acids is 1. The number of carboxylic acid groups (broad SMARTS) is 1. The molecule has 0 amide bonds. The maximum Gasteiger partial charge on any atom is 0.335 e. The van der Waals surface area contributed by atoms with Crippen LogP contribution in [0.3, 0.4) is 0 Å². The molecule has 0 spiro atoms. The molecule has 0 unspecified atom stereocenters. The Morgan fingerprint density at radius 1 is 1.06 bits per heavy atom.